The topological polar surface area (TPSA) is 91.1 Å². The van der Waals surface area contributed by atoms with Gasteiger partial charge in [-0.25, -0.2) is 9.50 Å². The largest absolute Gasteiger partial charge is 0.387 e. The first-order chi connectivity index (χ1) is 13.8. The molecule has 7 nitrogen and oxygen atoms in total. The summed E-state index contributed by atoms with van der Waals surface area (Å²) in [5, 5.41) is 23.7. The average molecular weight is 376 g/mol. The zero-order valence-corrected chi connectivity index (χ0v) is 15.6. The molecule has 4 aromatic rings. The number of aliphatic hydroxyl groups excluding tert-OH is 1. The lowest BCUT2D eigenvalue weighted by Crippen LogP contribution is -2.35. The predicted molar refractivity (Wildman–Crippen MR) is 107 cm³/mol. The maximum atomic E-state index is 10.4. The molecule has 1 aliphatic rings. The molecule has 3 N–H and O–H groups in total. The van der Waals surface area contributed by atoms with Crippen LogP contribution >= 0.6 is 0 Å². The smallest absolute Gasteiger partial charge is 0.141 e. The van der Waals surface area contributed by atoms with Crippen LogP contribution in [-0.4, -0.2) is 42.5 Å². The predicted octanol–water partition coefficient (Wildman–Crippen LogP) is 2.96. The van der Waals surface area contributed by atoms with Gasteiger partial charge in [-0.3, -0.25) is 0 Å². The highest BCUT2D eigenvalue weighted by molar-refractivity contribution is 5.92. The SMILES string of the molecule is O[C@@H](CNC1CCC(c2nnn3cnc4[nH]ccc4c23)CC1)c1ccccc1. The molecule has 1 aromatic carbocycles. The number of benzene rings is 1. The summed E-state index contributed by atoms with van der Waals surface area (Å²) in [5.41, 5.74) is 3.99. The monoisotopic (exact) mass is 376 g/mol. The second kappa shape index (κ2) is 7.33. The molecular formula is C21H24N6O. The molecule has 0 saturated heterocycles. The fourth-order valence-electron chi connectivity index (χ4n) is 4.34. The molecule has 7 heteroatoms. The number of fused-ring (bicyclic) bond motifs is 3. The molecule has 0 spiro atoms. The van der Waals surface area contributed by atoms with Gasteiger partial charge >= 0.3 is 0 Å². The lowest BCUT2D eigenvalue weighted by Gasteiger charge is -2.29. The van der Waals surface area contributed by atoms with Gasteiger partial charge in [0.05, 0.1) is 11.8 Å². The van der Waals surface area contributed by atoms with Crippen LogP contribution in [0.2, 0.25) is 0 Å². The van der Waals surface area contributed by atoms with E-state index in [2.05, 4.69) is 25.6 Å². The summed E-state index contributed by atoms with van der Waals surface area (Å²) in [7, 11) is 0. The van der Waals surface area contributed by atoms with Gasteiger partial charge in [-0.1, -0.05) is 35.5 Å². The van der Waals surface area contributed by atoms with Crippen molar-refractivity contribution in [2.45, 2.75) is 43.7 Å². The van der Waals surface area contributed by atoms with Gasteiger partial charge in [0.15, 0.2) is 0 Å². The Hall–Kier alpha value is -2.77. The maximum Gasteiger partial charge on any atom is 0.141 e. The lowest BCUT2D eigenvalue weighted by molar-refractivity contribution is 0.164. The van der Waals surface area contributed by atoms with E-state index in [1.54, 1.807) is 10.8 Å². The van der Waals surface area contributed by atoms with Crippen molar-refractivity contribution in [1.82, 2.24) is 30.1 Å². The second-order valence-electron chi connectivity index (χ2n) is 7.64. The van der Waals surface area contributed by atoms with Crippen LogP contribution in [0, 0.1) is 0 Å². The molecule has 1 aliphatic carbocycles. The quantitative estimate of drug-likeness (QED) is 0.498. The fourth-order valence-corrected chi connectivity index (χ4v) is 4.34. The molecular weight excluding hydrogens is 352 g/mol. The van der Waals surface area contributed by atoms with E-state index in [9.17, 15) is 5.11 Å². The standard InChI is InChI=1S/C21H24N6O/c28-18(14-4-2-1-3-5-14)12-23-16-8-6-15(7-9-16)19-20-17-10-11-22-21(17)24-13-27(20)26-25-19/h1-5,10-11,13,15-16,18,22-23,28H,6-9,12H2/t15?,16?,18-/m0/s1. The molecule has 1 saturated carbocycles. The number of aliphatic hydroxyl groups is 1. The van der Waals surface area contributed by atoms with Gasteiger partial charge in [0.25, 0.3) is 0 Å². The fraction of sp³-hybridized carbons (Fsp3) is 0.381. The van der Waals surface area contributed by atoms with Crippen molar-refractivity contribution in [3.63, 3.8) is 0 Å². The first kappa shape index (κ1) is 17.3. The van der Waals surface area contributed by atoms with Gasteiger partial charge < -0.3 is 15.4 Å². The van der Waals surface area contributed by atoms with Crippen molar-refractivity contribution in [3.05, 3.63) is 60.2 Å². The minimum Gasteiger partial charge on any atom is -0.387 e. The minimum atomic E-state index is -0.463. The summed E-state index contributed by atoms with van der Waals surface area (Å²) >= 11 is 0. The van der Waals surface area contributed by atoms with Gasteiger partial charge in [0, 0.05) is 30.1 Å². The van der Waals surface area contributed by atoms with Crippen LogP contribution in [0.15, 0.2) is 48.9 Å². The van der Waals surface area contributed by atoms with Crippen molar-refractivity contribution in [1.29, 1.82) is 0 Å². The Balaban J connectivity index is 1.24. The Morgan fingerprint density at radius 2 is 1.96 bits per heavy atom. The Labute approximate surface area is 162 Å². The highest BCUT2D eigenvalue weighted by atomic mass is 16.3. The van der Waals surface area contributed by atoms with Crippen molar-refractivity contribution in [2.24, 2.45) is 0 Å². The van der Waals surface area contributed by atoms with Gasteiger partial charge in [-0.05, 0) is 37.3 Å². The molecule has 5 rings (SSSR count). The van der Waals surface area contributed by atoms with Crippen LogP contribution in [0.4, 0.5) is 0 Å². The summed E-state index contributed by atoms with van der Waals surface area (Å²) in [5.74, 6) is 0.412. The highest BCUT2D eigenvalue weighted by Crippen LogP contribution is 2.35. The summed E-state index contributed by atoms with van der Waals surface area (Å²) in [4.78, 5) is 7.54. The zero-order valence-electron chi connectivity index (χ0n) is 15.6. The summed E-state index contributed by atoms with van der Waals surface area (Å²) in [6.45, 7) is 0.587. The summed E-state index contributed by atoms with van der Waals surface area (Å²) < 4.78 is 1.78. The molecule has 3 aromatic heterocycles. The molecule has 0 bridgehead atoms. The highest BCUT2D eigenvalue weighted by Gasteiger charge is 2.27. The maximum absolute atomic E-state index is 10.4. The summed E-state index contributed by atoms with van der Waals surface area (Å²) in [6, 6.07) is 12.3. The molecule has 3 heterocycles. The van der Waals surface area contributed by atoms with Crippen molar-refractivity contribution >= 4 is 16.6 Å². The van der Waals surface area contributed by atoms with Crippen LogP contribution in [0.25, 0.3) is 16.6 Å². The third kappa shape index (κ3) is 3.16. The first-order valence-corrected chi connectivity index (χ1v) is 9.93. The van der Waals surface area contributed by atoms with Crippen LogP contribution in [0.5, 0.6) is 0 Å². The van der Waals surface area contributed by atoms with Gasteiger partial charge in [-0.2, -0.15) is 0 Å². The Morgan fingerprint density at radius 1 is 1.14 bits per heavy atom. The first-order valence-electron chi connectivity index (χ1n) is 9.93. The zero-order chi connectivity index (χ0) is 18.9. The molecule has 1 fully saturated rings. The van der Waals surface area contributed by atoms with E-state index < -0.39 is 6.10 Å². The molecule has 1 atom stereocenters. The van der Waals surface area contributed by atoms with Crippen molar-refractivity contribution in [2.75, 3.05) is 6.54 Å². The minimum absolute atomic E-state index is 0.412. The van der Waals surface area contributed by atoms with E-state index in [1.807, 2.05) is 42.6 Å². The van der Waals surface area contributed by atoms with E-state index in [4.69, 9.17) is 0 Å². The Kier molecular flexibility index (Phi) is 4.54. The van der Waals surface area contributed by atoms with E-state index in [-0.39, 0.29) is 0 Å². The second-order valence-corrected chi connectivity index (χ2v) is 7.64. The molecule has 28 heavy (non-hydrogen) atoms. The number of aromatic amines is 1. The van der Waals surface area contributed by atoms with Crippen molar-refractivity contribution in [3.8, 4) is 0 Å². The number of hydrogen-bond acceptors (Lipinski definition) is 5. The lowest BCUT2D eigenvalue weighted by atomic mass is 9.83. The number of hydrogen-bond donors (Lipinski definition) is 3. The Morgan fingerprint density at radius 3 is 2.79 bits per heavy atom. The summed E-state index contributed by atoms with van der Waals surface area (Å²) in [6.07, 6.45) is 7.47. The molecule has 0 amide bonds. The molecule has 0 unspecified atom stereocenters. The number of rotatable bonds is 5. The van der Waals surface area contributed by atoms with E-state index in [0.717, 1.165) is 53.5 Å². The van der Waals surface area contributed by atoms with Crippen LogP contribution in [0.1, 0.15) is 49.0 Å². The van der Waals surface area contributed by atoms with Crippen LogP contribution in [-0.2, 0) is 0 Å². The van der Waals surface area contributed by atoms with Gasteiger partial charge in [0.1, 0.15) is 17.5 Å². The van der Waals surface area contributed by atoms with E-state index >= 15 is 0 Å². The van der Waals surface area contributed by atoms with Gasteiger partial charge in [-0.15, -0.1) is 5.10 Å². The average Bonchev–Trinajstić information content (AvgIpc) is 3.39. The third-order valence-corrected chi connectivity index (χ3v) is 5.90. The van der Waals surface area contributed by atoms with Crippen LogP contribution in [0.3, 0.4) is 0 Å². The van der Waals surface area contributed by atoms with Crippen molar-refractivity contribution < 1.29 is 5.11 Å². The third-order valence-electron chi connectivity index (χ3n) is 5.90. The molecule has 0 radical (unpaired) electrons. The number of nitrogens with zero attached hydrogens (tertiary/aromatic N) is 4. The van der Waals surface area contributed by atoms with E-state index in [1.165, 1.54) is 0 Å². The van der Waals surface area contributed by atoms with E-state index in [0.29, 0.717) is 18.5 Å². The van der Waals surface area contributed by atoms with Gasteiger partial charge in [0.2, 0.25) is 0 Å². The number of aromatic nitrogens is 5. The van der Waals surface area contributed by atoms with Crippen LogP contribution < -0.4 is 5.32 Å². The Bertz CT molecular complexity index is 1060. The molecule has 0 aliphatic heterocycles. The number of nitrogens with one attached hydrogen (secondary N) is 2. The normalized spacial score (nSPS) is 21.3. The molecule has 144 valence electrons. The number of H-pyrrole nitrogens is 1.